The first-order chi connectivity index (χ1) is 10.4. The number of carbonyl (C=O) groups excluding carboxylic acids is 2. The molecule has 1 heterocycles. The number of benzene rings is 1. The summed E-state index contributed by atoms with van der Waals surface area (Å²) in [6.07, 6.45) is 0. The minimum atomic E-state index is -0.580. The van der Waals surface area contributed by atoms with E-state index in [0.29, 0.717) is 9.75 Å². The van der Waals surface area contributed by atoms with Crippen LogP contribution in [0.4, 0.5) is 5.69 Å². The zero-order valence-electron chi connectivity index (χ0n) is 11.5. The van der Waals surface area contributed by atoms with Gasteiger partial charge in [-0.15, -0.1) is 11.3 Å². The Morgan fingerprint density at radius 3 is 2.55 bits per heavy atom. The van der Waals surface area contributed by atoms with Crippen LogP contribution in [0.25, 0.3) is 0 Å². The van der Waals surface area contributed by atoms with E-state index in [1.54, 1.807) is 6.07 Å². The number of non-ortho nitro benzene ring substituents is 1. The van der Waals surface area contributed by atoms with Gasteiger partial charge in [0.2, 0.25) is 0 Å². The fraction of sp³-hybridized carbons (Fsp3) is 0.143. The number of nitro groups is 1. The third kappa shape index (κ3) is 3.47. The van der Waals surface area contributed by atoms with Crippen LogP contribution in [0.5, 0.6) is 5.75 Å². The van der Waals surface area contributed by atoms with Crippen LogP contribution < -0.4 is 5.32 Å². The standard InChI is InChI=1S/C14H12N2O5S/c1-8(17)12-4-5-13(22-12)14(19)15-7-9-6-10(16(20)21)2-3-11(9)18/h2-6,18H,7H2,1H3,(H,15,19). The molecule has 0 fully saturated rings. The lowest BCUT2D eigenvalue weighted by atomic mass is 10.1. The number of nitro benzene ring substituents is 1. The summed E-state index contributed by atoms with van der Waals surface area (Å²) in [5.41, 5.74) is 0.0722. The van der Waals surface area contributed by atoms with Crippen LogP contribution in [0.2, 0.25) is 0 Å². The molecule has 22 heavy (non-hydrogen) atoms. The van der Waals surface area contributed by atoms with Crippen LogP contribution >= 0.6 is 11.3 Å². The highest BCUT2D eigenvalue weighted by Crippen LogP contribution is 2.23. The first kappa shape index (κ1) is 15.6. The van der Waals surface area contributed by atoms with E-state index < -0.39 is 10.8 Å². The van der Waals surface area contributed by atoms with Gasteiger partial charge in [-0.2, -0.15) is 0 Å². The van der Waals surface area contributed by atoms with Gasteiger partial charge >= 0.3 is 0 Å². The highest BCUT2D eigenvalue weighted by molar-refractivity contribution is 7.15. The number of Topliss-reactive ketones (excluding diaryl/α,β-unsaturated/α-hetero) is 1. The van der Waals surface area contributed by atoms with Crippen LogP contribution in [0, 0.1) is 10.1 Å². The molecule has 0 spiro atoms. The lowest BCUT2D eigenvalue weighted by Gasteiger charge is -2.06. The Labute approximate surface area is 129 Å². The van der Waals surface area contributed by atoms with Crippen LogP contribution in [0.15, 0.2) is 30.3 Å². The van der Waals surface area contributed by atoms with Crippen LogP contribution in [0.3, 0.4) is 0 Å². The average molecular weight is 320 g/mol. The topological polar surface area (TPSA) is 110 Å². The molecule has 0 unspecified atom stereocenters. The van der Waals surface area contributed by atoms with Crippen molar-refractivity contribution in [2.45, 2.75) is 13.5 Å². The molecule has 0 bridgehead atoms. The van der Waals surface area contributed by atoms with E-state index in [4.69, 9.17) is 0 Å². The van der Waals surface area contributed by atoms with Crippen molar-refractivity contribution < 1.29 is 19.6 Å². The monoisotopic (exact) mass is 320 g/mol. The normalized spacial score (nSPS) is 10.2. The number of thiophene rings is 1. The van der Waals surface area contributed by atoms with E-state index in [0.717, 1.165) is 11.3 Å². The number of hydrogen-bond donors (Lipinski definition) is 2. The molecule has 8 heteroatoms. The second-order valence-electron chi connectivity index (χ2n) is 4.47. The molecule has 7 nitrogen and oxygen atoms in total. The number of hydrogen-bond acceptors (Lipinski definition) is 6. The van der Waals surface area contributed by atoms with Gasteiger partial charge in [0.05, 0.1) is 14.7 Å². The lowest BCUT2D eigenvalue weighted by molar-refractivity contribution is -0.384. The Morgan fingerprint density at radius 2 is 1.95 bits per heavy atom. The predicted octanol–water partition coefficient (Wildman–Crippen LogP) is 2.49. The number of aromatic hydroxyl groups is 1. The summed E-state index contributed by atoms with van der Waals surface area (Å²) < 4.78 is 0. The van der Waals surface area contributed by atoms with E-state index >= 15 is 0 Å². The van der Waals surface area contributed by atoms with E-state index in [1.165, 1.54) is 31.2 Å². The summed E-state index contributed by atoms with van der Waals surface area (Å²) in [7, 11) is 0. The number of carbonyl (C=O) groups is 2. The molecular weight excluding hydrogens is 308 g/mol. The van der Waals surface area contributed by atoms with Gasteiger partial charge in [0, 0.05) is 24.2 Å². The molecule has 0 aliphatic carbocycles. The number of nitrogens with zero attached hydrogens (tertiary/aromatic N) is 1. The van der Waals surface area contributed by atoms with Crippen molar-refractivity contribution in [1.29, 1.82) is 0 Å². The smallest absolute Gasteiger partial charge is 0.270 e. The van der Waals surface area contributed by atoms with Crippen molar-refractivity contribution in [2.24, 2.45) is 0 Å². The Kier molecular flexibility index (Phi) is 4.52. The molecule has 0 aliphatic rings. The van der Waals surface area contributed by atoms with Gasteiger partial charge in [0.15, 0.2) is 5.78 Å². The predicted molar refractivity (Wildman–Crippen MR) is 80.3 cm³/mol. The summed E-state index contributed by atoms with van der Waals surface area (Å²) in [6.45, 7) is 1.36. The molecule has 0 saturated heterocycles. The van der Waals surface area contributed by atoms with E-state index in [9.17, 15) is 24.8 Å². The number of ketones is 1. The quantitative estimate of drug-likeness (QED) is 0.499. The minimum absolute atomic E-state index is 0.0559. The van der Waals surface area contributed by atoms with Gasteiger partial charge in [0.1, 0.15) is 5.75 Å². The molecule has 0 atom stereocenters. The van der Waals surface area contributed by atoms with Crippen molar-refractivity contribution in [1.82, 2.24) is 5.32 Å². The first-order valence-electron chi connectivity index (χ1n) is 6.23. The van der Waals surface area contributed by atoms with E-state index in [1.807, 2.05) is 0 Å². The van der Waals surface area contributed by atoms with Gasteiger partial charge in [-0.25, -0.2) is 0 Å². The molecule has 2 rings (SSSR count). The second-order valence-corrected chi connectivity index (χ2v) is 5.56. The van der Waals surface area contributed by atoms with Crippen LogP contribution in [-0.2, 0) is 6.54 Å². The van der Waals surface area contributed by atoms with Gasteiger partial charge in [-0.05, 0) is 25.1 Å². The highest BCUT2D eigenvalue weighted by Gasteiger charge is 2.14. The van der Waals surface area contributed by atoms with E-state index in [-0.39, 0.29) is 29.3 Å². The zero-order chi connectivity index (χ0) is 16.3. The Morgan fingerprint density at radius 1 is 1.27 bits per heavy atom. The Hall–Kier alpha value is -2.74. The summed E-state index contributed by atoms with van der Waals surface area (Å²) in [5, 5.41) is 22.9. The molecule has 2 N–H and O–H groups in total. The lowest BCUT2D eigenvalue weighted by Crippen LogP contribution is -2.21. The fourth-order valence-corrected chi connectivity index (χ4v) is 2.56. The summed E-state index contributed by atoms with van der Waals surface area (Å²) in [5.74, 6) is -0.676. The number of phenols is 1. The van der Waals surface area contributed by atoms with E-state index in [2.05, 4.69) is 5.32 Å². The second kappa shape index (κ2) is 6.35. The number of phenolic OH excluding ortho intramolecular Hbond substituents is 1. The molecule has 0 radical (unpaired) electrons. The average Bonchev–Trinajstić information content (AvgIpc) is 2.96. The van der Waals surface area contributed by atoms with Crippen molar-refractivity contribution >= 4 is 28.7 Å². The Balaban J connectivity index is 2.08. The molecule has 1 amide bonds. The van der Waals surface area contributed by atoms with Gasteiger partial charge in [0.25, 0.3) is 11.6 Å². The molecule has 114 valence electrons. The maximum atomic E-state index is 12.0. The SMILES string of the molecule is CC(=O)c1ccc(C(=O)NCc2cc([N+](=O)[O-])ccc2O)s1. The minimum Gasteiger partial charge on any atom is -0.508 e. The third-order valence-corrected chi connectivity index (χ3v) is 4.07. The maximum Gasteiger partial charge on any atom is 0.270 e. The number of rotatable bonds is 5. The molecular formula is C14H12N2O5S. The van der Waals surface area contributed by atoms with Crippen molar-refractivity contribution in [3.05, 3.63) is 55.8 Å². The number of amides is 1. The van der Waals surface area contributed by atoms with Crippen molar-refractivity contribution in [3.8, 4) is 5.75 Å². The number of nitrogens with one attached hydrogen (secondary N) is 1. The molecule has 0 saturated carbocycles. The third-order valence-electron chi connectivity index (χ3n) is 2.89. The Bertz CT molecular complexity index is 753. The van der Waals surface area contributed by atoms with Gasteiger partial charge in [-0.3, -0.25) is 19.7 Å². The summed E-state index contributed by atoms with van der Waals surface area (Å²) in [6, 6.07) is 6.68. The molecule has 1 aromatic carbocycles. The van der Waals surface area contributed by atoms with Crippen LogP contribution in [-0.4, -0.2) is 21.7 Å². The maximum absolute atomic E-state index is 12.0. The van der Waals surface area contributed by atoms with Crippen molar-refractivity contribution in [3.63, 3.8) is 0 Å². The van der Waals surface area contributed by atoms with Crippen molar-refractivity contribution in [2.75, 3.05) is 0 Å². The van der Waals surface area contributed by atoms with Crippen LogP contribution in [0.1, 0.15) is 31.8 Å². The fourth-order valence-electron chi connectivity index (χ4n) is 1.74. The first-order valence-corrected chi connectivity index (χ1v) is 7.05. The highest BCUT2D eigenvalue weighted by atomic mass is 32.1. The summed E-state index contributed by atoms with van der Waals surface area (Å²) in [4.78, 5) is 34.1. The van der Waals surface area contributed by atoms with Gasteiger partial charge in [-0.1, -0.05) is 0 Å². The molecule has 1 aromatic heterocycles. The van der Waals surface area contributed by atoms with Gasteiger partial charge < -0.3 is 10.4 Å². The molecule has 0 aliphatic heterocycles. The molecule has 2 aromatic rings. The largest absolute Gasteiger partial charge is 0.508 e. The summed E-state index contributed by atoms with van der Waals surface area (Å²) >= 11 is 1.06. The zero-order valence-corrected chi connectivity index (χ0v) is 12.3.